The van der Waals surface area contributed by atoms with Gasteiger partial charge in [0.25, 0.3) is 5.91 Å². The van der Waals surface area contributed by atoms with Crippen LogP contribution in [0.15, 0.2) is 42.5 Å². The molecule has 1 N–H and O–H groups in total. The average Bonchev–Trinajstić information content (AvgIpc) is 2.61. The molecule has 0 saturated heterocycles. The highest BCUT2D eigenvalue weighted by Gasteiger charge is 2.11. The highest BCUT2D eigenvalue weighted by molar-refractivity contribution is 5.92. The fourth-order valence-electron chi connectivity index (χ4n) is 2.01. The number of halogens is 1. The van der Waals surface area contributed by atoms with E-state index < -0.39 is 24.3 Å². The van der Waals surface area contributed by atoms with Gasteiger partial charge in [-0.3, -0.25) is 9.59 Å². The van der Waals surface area contributed by atoms with Crippen LogP contribution in [0.2, 0.25) is 0 Å². The van der Waals surface area contributed by atoms with Crippen LogP contribution in [0.4, 0.5) is 10.1 Å². The van der Waals surface area contributed by atoms with E-state index in [4.69, 9.17) is 14.7 Å². The fourth-order valence-corrected chi connectivity index (χ4v) is 2.01. The van der Waals surface area contributed by atoms with Crippen LogP contribution in [-0.4, -0.2) is 25.6 Å². The second-order valence-electron chi connectivity index (χ2n) is 5.04. The molecule has 0 atom stereocenters. The zero-order valence-corrected chi connectivity index (χ0v) is 13.4. The van der Waals surface area contributed by atoms with Gasteiger partial charge in [-0.05, 0) is 42.0 Å². The van der Waals surface area contributed by atoms with Crippen LogP contribution in [0.5, 0.6) is 5.75 Å². The lowest BCUT2D eigenvalue weighted by Gasteiger charge is -2.07. The van der Waals surface area contributed by atoms with Crippen LogP contribution in [0, 0.1) is 17.1 Å². The maximum absolute atomic E-state index is 13.5. The van der Waals surface area contributed by atoms with Crippen molar-refractivity contribution in [2.45, 2.75) is 6.42 Å². The summed E-state index contributed by atoms with van der Waals surface area (Å²) in [6.45, 7) is -0.461. The van der Waals surface area contributed by atoms with Crippen LogP contribution in [-0.2, 0) is 20.7 Å². The molecule has 2 aromatic carbocycles. The molecule has 2 rings (SSSR count). The van der Waals surface area contributed by atoms with Gasteiger partial charge in [-0.25, -0.2) is 4.39 Å². The van der Waals surface area contributed by atoms with Gasteiger partial charge in [0.2, 0.25) is 0 Å². The molecule has 0 saturated carbocycles. The number of amides is 1. The molecule has 128 valence electrons. The van der Waals surface area contributed by atoms with E-state index in [0.29, 0.717) is 16.8 Å². The third kappa shape index (κ3) is 5.32. The largest absolute Gasteiger partial charge is 0.494 e. The molecule has 0 unspecified atom stereocenters. The molecule has 0 heterocycles. The Kier molecular flexibility index (Phi) is 6.07. The molecule has 0 aliphatic carbocycles. The Morgan fingerprint density at radius 2 is 1.92 bits per heavy atom. The number of ether oxygens (including phenoxy) is 2. The highest BCUT2D eigenvalue weighted by atomic mass is 19.1. The van der Waals surface area contributed by atoms with E-state index in [-0.39, 0.29) is 12.2 Å². The van der Waals surface area contributed by atoms with Gasteiger partial charge in [-0.1, -0.05) is 6.07 Å². The second-order valence-corrected chi connectivity index (χ2v) is 5.04. The normalized spacial score (nSPS) is 9.80. The van der Waals surface area contributed by atoms with Crippen LogP contribution >= 0.6 is 0 Å². The number of nitrogens with zero attached hydrogens (tertiary/aromatic N) is 1. The summed E-state index contributed by atoms with van der Waals surface area (Å²) in [6.07, 6.45) is -0.162. The third-order valence-corrected chi connectivity index (χ3v) is 3.23. The summed E-state index contributed by atoms with van der Waals surface area (Å²) in [4.78, 5) is 23.5. The van der Waals surface area contributed by atoms with Crippen molar-refractivity contribution in [2.75, 3.05) is 19.0 Å². The van der Waals surface area contributed by atoms with Crippen molar-refractivity contribution in [3.63, 3.8) is 0 Å². The van der Waals surface area contributed by atoms with Crippen molar-refractivity contribution < 1.29 is 23.5 Å². The van der Waals surface area contributed by atoms with E-state index in [2.05, 4.69) is 5.32 Å². The van der Waals surface area contributed by atoms with E-state index in [0.717, 1.165) is 0 Å². The summed E-state index contributed by atoms with van der Waals surface area (Å²) in [7, 11) is 1.35. The van der Waals surface area contributed by atoms with Gasteiger partial charge in [0.05, 0.1) is 25.2 Å². The highest BCUT2D eigenvalue weighted by Crippen LogP contribution is 2.18. The number of rotatable bonds is 6. The van der Waals surface area contributed by atoms with Crippen molar-refractivity contribution in [1.29, 1.82) is 5.26 Å². The molecule has 0 bridgehead atoms. The summed E-state index contributed by atoms with van der Waals surface area (Å²) in [5.41, 5.74) is 1.37. The number of nitrogens with one attached hydrogen (secondary N) is 1. The molecule has 1 amide bonds. The number of anilines is 1. The first kappa shape index (κ1) is 17.9. The quantitative estimate of drug-likeness (QED) is 0.815. The molecule has 0 aliphatic heterocycles. The molecule has 2 aromatic rings. The molecule has 0 fully saturated rings. The van der Waals surface area contributed by atoms with E-state index in [1.54, 1.807) is 30.3 Å². The van der Waals surface area contributed by atoms with Crippen molar-refractivity contribution >= 4 is 17.6 Å². The maximum Gasteiger partial charge on any atom is 0.310 e. The summed E-state index contributed by atoms with van der Waals surface area (Å²) in [5.74, 6) is -1.66. The lowest BCUT2D eigenvalue weighted by molar-refractivity contribution is -0.146. The zero-order chi connectivity index (χ0) is 18.2. The molecular formula is C18H15FN2O4. The molecule has 0 radical (unpaired) electrons. The maximum atomic E-state index is 13.5. The number of carbonyl (C=O) groups is 2. The van der Waals surface area contributed by atoms with Gasteiger partial charge in [-0.15, -0.1) is 0 Å². The number of nitriles is 1. The van der Waals surface area contributed by atoms with Crippen LogP contribution in [0.3, 0.4) is 0 Å². The summed E-state index contributed by atoms with van der Waals surface area (Å²) in [6, 6.07) is 12.3. The van der Waals surface area contributed by atoms with Crippen LogP contribution < -0.4 is 10.1 Å². The predicted molar refractivity (Wildman–Crippen MR) is 87.4 cm³/mol. The Balaban J connectivity index is 1.81. The first-order chi connectivity index (χ1) is 12.0. The molecule has 7 heteroatoms. The van der Waals surface area contributed by atoms with Gasteiger partial charge in [0, 0.05) is 5.69 Å². The smallest absolute Gasteiger partial charge is 0.310 e. The Labute approximate surface area is 143 Å². The van der Waals surface area contributed by atoms with Gasteiger partial charge < -0.3 is 14.8 Å². The lowest BCUT2D eigenvalue weighted by atomic mass is 10.1. The number of methoxy groups -OCH3 is 1. The minimum atomic E-state index is -0.653. The fraction of sp³-hybridized carbons (Fsp3) is 0.167. The number of esters is 1. The molecule has 0 spiro atoms. The topological polar surface area (TPSA) is 88.4 Å². The molecule has 0 aliphatic rings. The molecule has 6 nitrogen and oxygen atoms in total. The first-order valence-electron chi connectivity index (χ1n) is 7.30. The monoisotopic (exact) mass is 342 g/mol. The van der Waals surface area contributed by atoms with Gasteiger partial charge in [-0.2, -0.15) is 5.26 Å². The minimum Gasteiger partial charge on any atom is -0.494 e. The molecule has 0 aromatic heterocycles. The minimum absolute atomic E-state index is 0.0823. The SMILES string of the molecule is COc1ccc(CC(=O)OCC(=O)Nc2ccc(C#N)cc2)cc1F. The number of benzene rings is 2. The van der Waals surface area contributed by atoms with E-state index in [1.165, 1.54) is 19.2 Å². The van der Waals surface area contributed by atoms with Crippen LogP contribution in [0.25, 0.3) is 0 Å². The van der Waals surface area contributed by atoms with Gasteiger partial charge >= 0.3 is 5.97 Å². The van der Waals surface area contributed by atoms with Crippen molar-refractivity contribution in [3.05, 3.63) is 59.4 Å². The molecule has 25 heavy (non-hydrogen) atoms. The lowest BCUT2D eigenvalue weighted by Crippen LogP contribution is -2.21. The van der Waals surface area contributed by atoms with Crippen molar-refractivity contribution in [1.82, 2.24) is 0 Å². The van der Waals surface area contributed by atoms with Crippen molar-refractivity contribution in [2.24, 2.45) is 0 Å². The predicted octanol–water partition coefficient (Wildman–Crippen LogP) is 2.43. The summed E-state index contributed by atoms with van der Waals surface area (Å²) >= 11 is 0. The summed E-state index contributed by atoms with van der Waals surface area (Å²) < 4.78 is 23.2. The Bertz CT molecular complexity index is 813. The van der Waals surface area contributed by atoms with E-state index >= 15 is 0 Å². The standard InChI is InChI=1S/C18H15FN2O4/c1-24-16-7-4-13(8-15(16)19)9-18(23)25-11-17(22)21-14-5-2-12(10-20)3-6-14/h2-8H,9,11H2,1H3,(H,21,22). The third-order valence-electron chi connectivity index (χ3n) is 3.23. The van der Waals surface area contributed by atoms with E-state index in [9.17, 15) is 14.0 Å². The Morgan fingerprint density at radius 1 is 1.20 bits per heavy atom. The van der Waals surface area contributed by atoms with Gasteiger partial charge in [0.1, 0.15) is 0 Å². The number of carbonyl (C=O) groups excluding carboxylic acids is 2. The van der Waals surface area contributed by atoms with Crippen LogP contribution in [0.1, 0.15) is 11.1 Å². The average molecular weight is 342 g/mol. The summed E-state index contributed by atoms with van der Waals surface area (Å²) in [5, 5.41) is 11.2. The molecular weight excluding hydrogens is 327 g/mol. The van der Waals surface area contributed by atoms with Gasteiger partial charge in [0.15, 0.2) is 18.2 Å². The zero-order valence-electron chi connectivity index (χ0n) is 13.4. The Morgan fingerprint density at radius 3 is 2.52 bits per heavy atom. The van der Waals surface area contributed by atoms with Crippen molar-refractivity contribution in [3.8, 4) is 11.8 Å². The Hall–Kier alpha value is -3.40. The number of hydrogen-bond acceptors (Lipinski definition) is 5. The second kappa shape index (κ2) is 8.45. The number of hydrogen-bond donors (Lipinski definition) is 1. The first-order valence-corrected chi connectivity index (χ1v) is 7.30. The van der Waals surface area contributed by atoms with E-state index in [1.807, 2.05) is 6.07 Å².